The molecule has 0 aromatic heterocycles. The molecule has 172 valence electrons. The molecule has 8 nitrogen and oxygen atoms in total. The Labute approximate surface area is 189 Å². The number of hydrogen-bond donors (Lipinski definition) is 4. The first-order valence-electron chi connectivity index (χ1n) is 10.4. The Morgan fingerprint density at radius 1 is 1.06 bits per heavy atom. The van der Waals surface area contributed by atoms with Crippen LogP contribution in [0, 0.1) is 0 Å². The summed E-state index contributed by atoms with van der Waals surface area (Å²) in [6, 6.07) is 12.6. The smallest absolute Gasteiger partial charge is 0.335 e. The molecule has 0 saturated carbocycles. The van der Waals surface area contributed by atoms with E-state index in [1.807, 2.05) is 24.3 Å². The van der Waals surface area contributed by atoms with Crippen LogP contribution in [0.2, 0.25) is 5.02 Å². The summed E-state index contributed by atoms with van der Waals surface area (Å²) < 4.78 is 16.6. The number of aliphatic hydroxyl groups excluding tert-OH is 3. The Morgan fingerprint density at radius 3 is 2.47 bits per heavy atom. The molecule has 0 bridgehead atoms. The molecule has 2 aliphatic heterocycles. The second-order valence-electron chi connectivity index (χ2n) is 8.06. The average molecular weight is 465 g/mol. The molecule has 2 aromatic rings. The summed E-state index contributed by atoms with van der Waals surface area (Å²) in [4.78, 5) is 11.4. The van der Waals surface area contributed by atoms with Crippen molar-refractivity contribution in [2.45, 2.75) is 49.5 Å². The first kappa shape index (κ1) is 23.0. The minimum Gasteiger partial charge on any atom is -0.488 e. The zero-order valence-electron chi connectivity index (χ0n) is 17.1. The van der Waals surface area contributed by atoms with E-state index in [4.69, 9.17) is 25.8 Å². The van der Waals surface area contributed by atoms with Gasteiger partial charge in [-0.05, 0) is 41.3 Å². The van der Waals surface area contributed by atoms with Gasteiger partial charge >= 0.3 is 5.97 Å². The van der Waals surface area contributed by atoms with Crippen LogP contribution in [0.4, 0.5) is 0 Å². The molecule has 6 atom stereocenters. The molecule has 2 fully saturated rings. The maximum Gasteiger partial charge on any atom is 0.335 e. The van der Waals surface area contributed by atoms with Crippen LogP contribution in [0.3, 0.4) is 0 Å². The molecule has 0 radical (unpaired) electrons. The number of carboxylic acid groups (broad SMARTS) is 1. The van der Waals surface area contributed by atoms with E-state index < -0.39 is 36.5 Å². The molecule has 32 heavy (non-hydrogen) atoms. The number of rotatable bonds is 6. The molecular weight excluding hydrogens is 440 g/mol. The van der Waals surface area contributed by atoms with Gasteiger partial charge in [-0.15, -0.1) is 0 Å². The van der Waals surface area contributed by atoms with E-state index in [0.29, 0.717) is 30.2 Å². The van der Waals surface area contributed by atoms with Crippen LogP contribution in [0.25, 0.3) is 0 Å². The van der Waals surface area contributed by atoms with E-state index in [-0.39, 0.29) is 6.10 Å². The number of ether oxygens (including phenoxy) is 3. The van der Waals surface area contributed by atoms with Gasteiger partial charge in [0.15, 0.2) is 6.10 Å². The molecule has 2 aliphatic rings. The van der Waals surface area contributed by atoms with E-state index in [0.717, 1.165) is 23.3 Å². The Kier molecular flexibility index (Phi) is 6.99. The van der Waals surface area contributed by atoms with E-state index in [9.17, 15) is 25.2 Å². The number of carboxylic acids is 1. The van der Waals surface area contributed by atoms with Gasteiger partial charge in [0.25, 0.3) is 0 Å². The van der Waals surface area contributed by atoms with E-state index in [1.165, 1.54) is 0 Å². The first-order chi connectivity index (χ1) is 15.3. The minimum absolute atomic E-state index is 0.0670. The van der Waals surface area contributed by atoms with Gasteiger partial charge < -0.3 is 34.6 Å². The standard InChI is InChI=1S/C23H25ClO8/c24-17-6-3-13(21-19(26)18(25)20(27)22(32-21)23(28)29)10-14(17)9-12-1-4-15(5-2-12)31-16-7-8-30-11-16/h1-6,10,16,18-22,25-27H,7-9,11H2,(H,28,29)/t16-,18+,19+,20-,21-,22-/m0/s1. The summed E-state index contributed by atoms with van der Waals surface area (Å²) in [5.74, 6) is -0.663. The van der Waals surface area contributed by atoms with Crippen molar-refractivity contribution in [2.24, 2.45) is 0 Å². The highest BCUT2D eigenvalue weighted by atomic mass is 35.5. The lowest BCUT2D eigenvalue weighted by Crippen LogP contribution is -2.56. The van der Waals surface area contributed by atoms with Gasteiger partial charge in [0.2, 0.25) is 0 Å². The predicted molar refractivity (Wildman–Crippen MR) is 114 cm³/mol. The number of aliphatic carboxylic acids is 1. The fraction of sp³-hybridized carbons (Fsp3) is 0.435. The van der Waals surface area contributed by atoms with Crippen molar-refractivity contribution in [3.05, 3.63) is 64.2 Å². The predicted octanol–water partition coefficient (Wildman–Crippen LogP) is 1.71. The molecule has 0 amide bonds. The largest absolute Gasteiger partial charge is 0.488 e. The van der Waals surface area contributed by atoms with Crippen molar-refractivity contribution < 1.29 is 39.4 Å². The lowest BCUT2D eigenvalue weighted by Gasteiger charge is -2.39. The van der Waals surface area contributed by atoms with Crippen LogP contribution < -0.4 is 4.74 Å². The zero-order chi connectivity index (χ0) is 22.8. The fourth-order valence-electron chi connectivity index (χ4n) is 3.97. The Bertz CT molecular complexity index is 944. The molecule has 2 heterocycles. The van der Waals surface area contributed by atoms with Gasteiger partial charge in [-0.1, -0.05) is 35.9 Å². The molecular formula is C23H25ClO8. The Hall–Kier alpha value is -2.20. The second kappa shape index (κ2) is 9.74. The quantitative estimate of drug-likeness (QED) is 0.509. The van der Waals surface area contributed by atoms with Gasteiger partial charge in [0.05, 0.1) is 13.2 Å². The second-order valence-corrected chi connectivity index (χ2v) is 8.47. The highest BCUT2D eigenvalue weighted by molar-refractivity contribution is 6.31. The van der Waals surface area contributed by atoms with Gasteiger partial charge in [-0.3, -0.25) is 0 Å². The molecule has 0 aliphatic carbocycles. The Balaban J connectivity index is 1.50. The van der Waals surface area contributed by atoms with Gasteiger partial charge in [0, 0.05) is 11.4 Å². The SMILES string of the molecule is O=C(O)[C@H]1O[C@@H](c2ccc(Cl)c(Cc3ccc(O[C@H]4CCOC4)cc3)c2)[C@H](O)[C@@H](O)[C@@H]1O. The van der Waals surface area contributed by atoms with Crippen LogP contribution in [0.5, 0.6) is 5.75 Å². The number of benzene rings is 2. The first-order valence-corrected chi connectivity index (χ1v) is 10.8. The van der Waals surface area contributed by atoms with E-state index >= 15 is 0 Å². The number of aliphatic hydroxyl groups is 3. The average Bonchev–Trinajstić information content (AvgIpc) is 3.28. The minimum atomic E-state index is -1.73. The number of halogens is 1. The molecule has 4 N–H and O–H groups in total. The fourth-order valence-corrected chi connectivity index (χ4v) is 4.15. The number of carbonyl (C=O) groups is 1. The lowest BCUT2D eigenvalue weighted by molar-refractivity contribution is -0.229. The lowest BCUT2D eigenvalue weighted by atomic mass is 9.90. The molecule has 0 unspecified atom stereocenters. The summed E-state index contributed by atoms with van der Waals surface area (Å²) in [6.07, 6.45) is -6.26. The van der Waals surface area contributed by atoms with E-state index in [1.54, 1.807) is 18.2 Å². The third-order valence-corrected chi connectivity index (χ3v) is 6.13. The zero-order valence-corrected chi connectivity index (χ0v) is 17.9. The van der Waals surface area contributed by atoms with Crippen LogP contribution in [0.15, 0.2) is 42.5 Å². The molecule has 2 saturated heterocycles. The third-order valence-electron chi connectivity index (χ3n) is 5.76. The third kappa shape index (κ3) is 4.91. The van der Waals surface area contributed by atoms with Crippen molar-refractivity contribution >= 4 is 17.6 Å². The van der Waals surface area contributed by atoms with Crippen molar-refractivity contribution in [2.75, 3.05) is 13.2 Å². The molecule has 0 spiro atoms. The molecule has 2 aromatic carbocycles. The van der Waals surface area contributed by atoms with Gasteiger partial charge in [-0.25, -0.2) is 4.79 Å². The van der Waals surface area contributed by atoms with Gasteiger partial charge in [-0.2, -0.15) is 0 Å². The van der Waals surface area contributed by atoms with Crippen LogP contribution >= 0.6 is 11.6 Å². The van der Waals surface area contributed by atoms with Crippen LogP contribution in [-0.2, 0) is 20.7 Å². The van der Waals surface area contributed by atoms with Crippen molar-refractivity contribution in [3.8, 4) is 5.75 Å². The highest BCUT2D eigenvalue weighted by Gasteiger charge is 2.47. The van der Waals surface area contributed by atoms with Crippen molar-refractivity contribution in [3.63, 3.8) is 0 Å². The van der Waals surface area contributed by atoms with E-state index in [2.05, 4.69) is 0 Å². The summed E-state index contributed by atoms with van der Waals surface area (Å²) in [5.41, 5.74) is 2.17. The van der Waals surface area contributed by atoms with Gasteiger partial charge in [0.1, 0.15) is 36.3 Å². The maximum atomic E-state index is 11.4. The normalized spacial score (nSPS) is 30.2. The summed E-state index contributed by atoms with van der Waals surface area (Å²) in [7, 11) is 0. The van der Waals surface area contributed by atoms with Crippen LogP contribution in [0.1, 0.15) is 29.2 Å². The summed E-state index contributed by atoms with van der Waals surface area (Å²) in [5, 5.41) is 40.1. The van der Waals surface area contributed by atoms with Crippen molar-refractivity contribution in [1.82, 2.24) is 0 Å². The van der Waals surface area contributed by atoms with Crippen molar-refractivity contribution in [1.29, 1.82) is 0 Å². The Morgan fingerprint density at radius 2 is 1.81 bits per heavy atom. The summed E-state index contributed by atoms with van der Waals surface area (Å²) >= 11 is 6.37. The molecule has 4 rings (SSSR count). The number of hydrogen-bond acceptors (Lipinski definition) is 7. The topological polar surface area (TPSA) is 126 Å². The van der Waals surface area contributed by atoms with Crippen LogP contribution in [-0.4, -0.2) is 70.1 Å². The maximum absolute atomic E-state index is 11.4. The molecule has 9 heteroatoms. The highest BCUT2D eigenvalue weighted by Crippen LogP contribution is 2.34. The summed E-state index contributed by atoms with van der Waals surface area (Å²) in [6.45, 7) is 1.30. The monoisotopic (exact) mass is 464 g/mol.